The molecule has 1 fully saturated rings. The molecule has 0 radical (unpaired) electrons. The number of hydrogen-bond acceptors (Lipinski definition) is 14. The quantitative estimate of drug-likeness (QED) is 0.0378. The van der Waals surface area contributed by atoms with Crippen LogP contribution in [0.4, 0.5) is 21.7 Å². The summed E-state index contributed by atoms with van der Waals surface area (Å²) in [6.45, 7) is 10.8. The van der Waals surface area contributed by atoms with E-state index in [1.165, 1.54) is 54.4 Å². The number of anilines is 3. The number of carbonyl (C=O) groups is 5. The molecule has 0 unspecified atom stereocenters. The number of halogens is 1. The van der Waals surface area contributed by atoms with Gasteiger partial charge in [0.1, 0.15) is 41.1 Å². The number of carbonyl (C=O) groups excluding carboxylic acids is 5. The van der Waals surface area contributed by atoms with Gasteiger partial charge in [-0.2, -0.15) is 5.10 Å². The number of aliphatic hydroxyl groups is 1. The summed E-state index contributed by atoms with van der Waals surface area (Å²) in [5, 5.41) is 29.1. The van der Waals surface area contributed by atoms with E-state index in [1.54, 1.807) is 62.7 Å². The number of aryl methyl sites for hydroxylation is 1. The van der Waals surface area contributed by atoms with E-state index in [-0.39, 0.29) is 84.5 Å². The van der Waals surface area contributed by atoms with Crippen molar-refractivity contribution in [2.24, 2.45) is 11.1 Å². The van der Waals surface area contributed by atoms with E-state index < -0.39 is 75.1 Å². The number of amides is 5. The summed E-state index contributed by atoms with van der Waals surface area (Å²) >= 11 is 1.55. The van der Waals surface area contributed by atoms with Gasteiger partial charge in [-0.25, -0.2) is 22.8 Å². The van der Waals surface area contributed by atoms with Gasteiger partial charge in [-0.05, 0) is 85.7 Å². The minimum atomic E-state index is -3.73. The van der Waals surface area contributed by atoms with Crippen molar-refractivity contribution in [2.75, 3.05) is 28.9 Å². The molecule has 4 atom stereocenters. The van der Waals surface area contributed by atoms with Crippen LogP contribution in [0.1, 0.15) is 97.5 Å². The summed E-state index contributed by atoms with van der Waals surface area (Å²) in [4.78, 5) is 77.9. The number of aromatic amines is 1. The number of aliphatic hydroxyl groups excluding tert-OH is 1. The van der Waals surface area contributed by atoms with E-state index in [4.69, 9.17) is 10.5 Å². The maximum atomic E-state index is 14.1. The Bertz CT molecular complexity index is 3140. The van der Waals surface area contributed by atoms with Crippen LogP contribution in [0, 0.1) is 18.2 Å². The van der Waals surface area contributed by atoms with E-state index in [2.05, 4.69) is 46.2 Å². The lowest BCUT2D eigenvalue weighted by Gasteiger charge is -2.35. The number of pyridine rings is 1. The van der Waals surface area contributed by atoms with Crippen molar-refractivity contribution >= 4 is 68.2 Å². The predicted molar refractivity (Wildman–Crippen MR) is 282 cm³/mol. The second-order valence-corrected chi connectivity index (χ2v) is 21.9. The molecular formula is C52H60FN11O9S2. The summed E-state index contributed by atoms with van der Waals surface area (Å²) < 4.78 is 47.4. The Balaban J connectivity index is 0.919. The molecule has 3 aromatic carbocycles. The summed E-state index contributed by atoms with van der Waals surface area (Å²) in [6.07, 6.45) is -0.0293. The number of H-pyrrole nitrogens is 1. The van der Waals surface area contributed by atoms with Gasteiger partial charge in [0, 0.05) is 44.2 Å². The molecule has 20 nitrogen and oxygen atoms in total. The fourth-order valence-corrected chi connectivity index (χ4v) is 9.72. The number of nitrogens with zero attached hydrogens (tertiary/aromatic N) is 4. The number of benzene rings is 3. The highest BCUT2D eigenvalue weighted by Gasteiger charge is 2.44. The SMILES string of the molecule is CCS(=O)(=O)Nc1ccc(-c2[nH]nc(Nc3ccc(C(=O)NCCCC(=O)N[C@@H](C(=O)N4C[C@@H](O)C[C@@H]4C(=O)NCc4ccc(-c5scnc5C)cc4)C(C)(C)C)cn3)c2C(N)=O)cc1O[C@H](C)c1ccc(F)cc1. The molecule has 396 valence electrons. The molecule has 0 spiro atoms. The van der Waals surface area contributed by atoms with Crippen LogP contribution in [0.5, 0.6) is 5.75 Å². The molecule has 1 saturated heterocycles. The van der Waals surface area contributed by atoms with Crippen molar-refractivity contribution in [1.29, 1.82) is 0 Å². The van der Waals surface area contributed by atoms with Crippen molar-refractivity contribution in [3.63, 3.8) is 0 Å². The Labute approximate surface area is 437 Å². The normalized spacial score (nSPS) is 15.4. The van der Waals surface area contributed by atoms with Crippen LogP contribution in [0.15, 0.2) is 90.6 Å². The Morgan fingerprint density at radius 2 is 1.71 bits per heavy atom. The zero-order chi connectivity index (χ0) is 54.2. The second kappa shape index (κ2) is 23.6. The number of primary amides is 1. The van der Waals surface area contributed by atoms with E-state index in [0.29, 0.717) is 11.1 Å². The minimum Gasteiger partial charge on any atom is -0.484 e. The number of β-amino-alcohol motifs (C(OH)–C–C–N with tert-alkyl or cyclic N) is 1. The Morgan fingerprint density at radius 1 is 0.987 bits per heavy atom. The number of sulfonamides is 1. The van der Waals surface area contributed by atoms with E-state index in [9.17, 15) is 41.9 Å². The number of hydrogen-bond donors (Lipinski definition) is 8. The number of ether oxygens (including phenoxy) is 1. The highest BCUT2D eigenvalue weighted by atomic mass is 32.2. The van der Waals surface area contributed by atoms with Crippen LogP contribution in [-0.2, 0) is 31.0 Å². The fourth-order valence-electron chi connectivity index (χ4n) is 8.26. The Morgan fingerprint density at radius 3 is 2.35 bits per heavy atom. The predicted octanol–water partition coefficient (Wildman–Crippen LogP) is 6.11. The van der Waals surface area contributed by atoms with E-state index >= 15 is 0 Å². The Hall–Kier alpha value is -7.76. The largest absolute Gasteiger partial charge is 0.484 e. The summed E-state index contributed by atoms with van der Waals surface area (Å²) in [7, 11) is -3.73. The van der Waals surface area contributed by atoms with Gasteiger partial charge in [0.15, 0.2) is 5.82 Å². The maximum Gasteiger partial charge on any atom is 0.254 e. The van der Waals surface area contributed by atoms with Crippen molar-refractivity contribution in [2.45, 2.75) is 91.6 Å². The number of aromatic nitrogens is 4. The van der Waals surface area contributed by atoms with Crippen molar-refractivity contribution in [3.8, 4) is 27.4 Å². The second-order valence-electron chi connectivity index (χ2n) is 19.1. The molecule has 1 aliphatic heterocycles. The molecule has 0 aliphatic carbocycles. The summed E-state index contributed by atoms with van der Waals surface area (Å²) in [5.41, 5.74) is 11.1. The first-order valence-electron chi connectivity index (χ1n) is 24.1. The van der Waals surface area contributed by atoms with Gasteiger partial charge in [0.05, 0.1) is 44.9 Å². The van der Waals surface area contributed by atoms with Crippen LogP contribution in [-0.4, -0.2) is 105 Å². The summed E-state index contributed by atoms with van der Waals surface area (Å²) in [6, 6.07) is 18.9. The van der Waals surface area contributed by atoms with Crippen molar-refractivity contribution in [3.05, 3.63) is 124 Å². The minimum absolute atomic E-state index is 0.00774. The van der Waals surface area contributed by atoms with Gasteiger partial charge in [0.2, 0.25) is 27.7 Å². The molecular weight excluding hydrogens is 1010 g/mol. The molecule has 3 aromatic heterocycles. The Kier molecular flexibility index (Phi) is 17.3. The lowest BCUT2D eigenvalue weighted by atomic mass is 9.85. The van der Waals surface area contributed by atoms with Gasteiger partial charge >= 0.3 is 0 Å². The lowest BCUT2D eigenvalue weighted by Crippen LogP contribution is -2.57. The average Bonchev–Trinajstić information content (AvgIpc) is 4.12. The van der Waals surface area contributed by atoms with Gasteiger partial charge in [-0.3, -0.25) is 33.8 Å². The number of rotatable bonds is 21. The van der Waals surface area contributed by atoms with Crippen LogP contribution < -0.4 is 36.5 Å². The molecule has 4 heterocycles. The first kappa shape index (κ1) is 55.0. The molecule has 23 heteroatoms. The first-order valence-corrected chi connectivity index (χ1v) is 26.6. The topological polar surface area (TPSA) is 293 Å². The zero-order valence-electron chi connectivity index (χ0n) is 42.2. The smallest absolute Gasteiger partial charge is 0.254 e. The molecule has 0 saturated carbocycles. The first-order chi connectivity index (χ1) is 35.6. The van der Waals surface area contributed by atoms with Gasteiger partial charge in [-0.1, -0.05) is 63.2 Å². The van der Waals surface area contributed by atoms with Gasteiger partial charge in [-0.15, -0.1) is 11.3 Å². The summed E-state index contributed by atoms with van der Waals surface area (Å²) in [5.74, 6) is -3.01. The molecule has 0 bridgehead atoms. The highest BCUT2D eigenvalue weighted by Crippen LogP contribution is 2.37. The molecule has 9 N–H and O–H groups in total. The third-order valence-corrected chi connectivity index (χ3v) is 14.7. The van der Waals surface area contributed by atoms with E-state index in [0.717, 1.165) is 21.7 Å². The standard InChI is InChI=1S/C52H60FN11O9S2/c1-7-75(71,72)63-38-20-16-34(23-40(38)73-30(3)32-14-18-36(53)19-15-32)44-43(47(54)67)48(62-61-44)59-41-21-17-35(26-56-41)49(68)55-22-8-9-42(66)60-46(52(4,5)6)51(70)64-27-37(65)24-39(64)50(69)57-25-31-10-12-33(13-11-31)45-29(2)58-28-74-45/h10-21,23,26,28,30,37,39,46,63,65H,7-9,22,24-25,27H2,1-6H3,(H2,54,67)(H,55,68)(H,57,69)(H,60,66)(H2,56,59,61,62)/t30-,37+,39-,46+/m1/s1. The number of thiazole rings is 1. The van der Waals surface area contributed by atoms with Crippen LogP contribution in [0.3, 0.4) is 0 Å². The number of likely N-dealkylation sites (tertiary alicyclic amines) is 1. The molecule has 1 aliphatic rings. The van der Waals surface area contributed by atoms with Gasteiger partial charge < -0.3 is 41.7 Å². The molecule has 5 amide bonds. The lowest BCUT2D eigenvalue weighted by molar-refractivity contribution is -0.144. The average molecular weight is 1070 g/mol. The molecule has 75 heavy (non-hydrogen) atoms. The van der Waals surface area contributed by atoms with Crippen molar-refractivity contribution in [1.82, 2.24) is 41.0 Å². The highest BCUT2D eigenvalue weighted by molar-refractivity contribution is 7.92. The monoisotopic (exact) mass is 1070 g/mol. The third-order valence-electron chi connectivity index (χ3n) is 12.4. The van der Waals surface area contributed by atoms with E-state index in [1.807, 2.05) is 31.2 Å². The fraction of sp³-hybridized carbons (Fsp3) is 0.346. The zero-order valence-corrected chi connectivity index (χ0v) is 43.8. The number of nitrogens with two attached hydrogens (primary N) is 1. The third kappa shape index (κ3) is 13.9. The molecule has 7 rings (SSSR count). The van der Waals surface area contributed by atoms with Gasteiger partial charge in [0.25, 0.3) is 11.8 Å². The van der Waals surface area contributed by atoms with Crippen LogP contribution >= 0.6 is 11.3 Å². The molecule has 6 aromatic rings. The van der Waals surface area contributed by atoms with Crippen LogP contribution in [0.2, 0.25) is 0 Å². The number of nitrogens with one attached hydrogen (secondary N) is 6. The van der Waals surface area contributed by atoms with Crippen molar-refractivity contribution < 1.29 is 46.6 Å². The maximum absolute atomic E-state index is 14.1. The van der Waals surface area contributed by atoms with Crippen LogP contribution in [0.25, 0.3) is 21.7 Å².